The monoisotopic (exact) mass is 257 g/mol. The van der Waals surface area contributed by atoms with E-state index in [1.807, 2.05) is 19.1 Å². The normalized spacial score (nSPS) is 10.6. The summed E-state index contributed by atoms with van der Waals surface area (Å²) in [6.45, 7) is 6.27. The summed E-state index contributed by atoms with van der Waals surface area (Å²) in [5.41, 5.74) is 5.75. The SMILES string of the molecule is Cc1c(NN)ncnc1Nc1ccc(C(C)C)cc1. The molecule has 0 saturated heterocycles. The van der Waals surface area contributed by atoms with Gasteiger partial charge < -0.3 is 10.7 Å². The van der Waals surface area contributed by atoms with Gasteiger partial charge in [-0.1, -0.05) is 26.0 Å². The summed E-state index contributed by atoms with van der Waals surface area (Å²) in [6.07, 6.45) is 1.48. The van der Waals surface area contributed by atoms with Crippen molar-refractivity contribution in [3.05, 3.63) is 41.7 Å². The first kappa shape index (κ1) is 13.3. The Morgan fingerprint density at radius 3 is 2.26 bits per heavy atom. The highest BCUT2D eigenvalue weighted by Gasteiger charge is 2.06. The van der Waals surface area contributed by atoms with Gasteiger partial charge in [-0.15, -0.1) is 0 Å². The highest BCUT2D eigenvalue weighted by Crippen LogP contribution is 2.23. The number of rotatable bonds is 4. The van der Waals surface area contributed by atoms with Crippen LogP contribution >= 0.6 is 0 Å². The average molecular weight is 257 g/mol. The van der Waals surface area contributed by atoms with Crippen LogP contribution in [0.4, 0.5) is 17.3 Å². The molecule has 4 N–H and O–H groups in total. The van der Waals surface area contributed by atoms with E-state index in [0.29, 0.717) is 11.7 Å². The minimum atomic E-state index is 0.530. The average Bonchev–Trinajstić information content (AvgIpc) is 2.42. The molecule has 0 saturated carbocycles. The quantitative estimate of drug-likeness (QED) is 0.580. The number of anilines is 3. The third-order valence-electron chi connectivity index (χ3n) is 3.06. The van der Waals surface area contributed by atoms with E-state index in [1.54, 1.807) is 0 Å². The molecule has 0 aliphatic rings. The van der Waals surface area contributed by atoms with Gasteiger partial charge in [0.2, 0.25) is 0 Å². The van der Waals surface area contributed by atoms with E-state index in [1.165, 1.54) is 11.9 Å². The van der Waals surface area contributed by atoms with Gasteiger partial charge in [0.15, 0.2) is 0 Å². The van der Waals surface area contributed by atoms with Gasteiger partial charge in [0, 0.05) is 11.3 Å². The van der Waals surface area contributed by atoms with Gasteiger partial charge >= 0.3 is 0 Å². The summed E-state index contributed by atoms with van der Waals surface area (Å²) in [6, 6.07) is 8.33. The van der Waals surface area contributed by atoms with E-state index in [2.05, 4.69) is 46.7 Å². The van der Waals surface area contributed by atoms with Gasteiger partial charge in [0.05, 0.1) is 0 Å². The second-order valence-corrected chi connectivity index (χ2v) is 4.74. The maximum absolute atomic E-state index is 5.40. The second kappa shape index (κ2) is 5.67. The first-order chi connectivity index (χ1) is 9.11. The lowest BCUT2D eigenvalue weighted by atomic mass is 10.0. The van der Waals surface area contributed by atoms with Crippen LogP contribution < -0.4 is 16.6 Å². The van der Waals surface area contributed by atoms with Gasteiger partial charge in [-0.25, -0.2) is 15.8 Å². The molecular weight excluding hydrogens is 238 g/mol. The molecule has 1 aromatic heterocycles. The number of hydrazine groups is 1. The third kappa shape index (κ3) is 3.00. The fourth-order valence-electron chi connectivity index (χ4n) is 1.81. The fourth-order valence-corrected chi connectivity index (χ4v) is 1.81. The van der Waals surface area contributed by atoms with E-state index in [-0.39, 0.29) is 0 Å². The highest BCUT2D eigenvalue weighted by atomic mass is 15.3. The van der Waals surface area contributed by atoms with E-state index in [4.69, 9.17) is 5.84 Å². The number of benzene rings is 1. The van der Waals surface area contributed by atoms with Crippen molar-refractivity contribution in [2.45, 2.75) is 26.7 Å². The lowest BCUT2D eigenvalue weighted by molar-refractivity contribution is 0.867. The van der Waals surface area contributed by atoms with Crippen molar-refractivity contribution in [3.8, 4) is 0 Å². The number of nitrogens with zero attached hydrogens (tertiary/aromatic N) is 2. The lowest BCUT2D eigenvalue weighted by Crippen LogP contribution is -2.11. The van der Waals surface area contributed by atoms with Crippen LogP contribution in [0, 0.1) is 6.92 Å². The molecule has 5 nitrogen and oxygen atoms in total. The van der Waals surface area contributed by atoms with Crippen molar-refractivity contribution in [2.75, 3.05) is 10.7 Å². The minimum Gasteiger partial charge on any atom is -0.340 e. The Morgan fingerprint density at radius 1 is 1.05 bits per heavy atom. The summed E-state index contributed by atoms with van der Waals surface area (Å²) in [5.74, 6) is 7.30. The molecular formula is C14H19N5. The van der Waals surface area contributed by atoms with E-state index >= 15 is 0 Å². The summed E-state index contributed by atoms with van der Waals surface area (Å²) in [5, 5.41) is 3.27. The topological polar surface area (TPSA) is 75.9 Å². The Labute approximate surface area is 113 Å². The molecule has 0 bridgehead atoms. The predicted molar refractivity (Wildman–Crippen MR) is 78.4 cm³/mol. The lowest BCUT2D eigenvalue weighted by Gasteiger charge is -2.12. The van der Waals surface area contributed by atoms with Crippen LogP contribution in [0.3, 0.4) is 0 Å². The number of nitrogens with two attached hydrogens (primary N) is 1. The molecule has 0 aliphatic carbocycles. The Kier molecular flexibility index (Phi) is 3.97. The van der Waals surface area contributed by atoms with Gasteiger partial charge in [-0.05, 0) is 30.5 Å². The largest absolute Gasteiger partial charge is 0.340 e. The molecule has 2 rings (SSSR count). The molecule has 0 unspecified atom stereocenters. The van der Waals surface area contributed by atoms with Crippen molar-refractivity contribution in [3.63, 3.8) is 0 Å². The Balaban J connectivity index is 2.21. The zero-order valence-corrected chi connectivity index (χ0v) is 11.4. The van der Waals surface area contributed by atoms with Crippen molar-refractivity contribution in [1.29, 1.82) is 0 Å². The van der Waals surface area contributed by atoms with Crippen molar-refractivity contribution < 1.29 is 0 Å². The molecule has 0 amide bonds. The zero-order chi connectivity index (χ0) is 13.8. The molecule has 100 valence electrons. The van der Waals surface area contributed by atoms with Crippen LogP contribution in [0.5, 0.6) is 0 Å². The molecule has 0 fully saturated rings. The standard InChI is InChI=1S/C14H19N5/c1-9(2)11-4-6-12(7-5-11)18-13-10(3)14(19-15)17-8-16-13/h4-9H,15H2,1-3H3,(H2,16,17,18,19). The second-order valence-electron chi connectivity index (χ2n) is 4.74. The third-order valence-corrected chi connectivity index (χ3v) is 3.06. The molecule has 0 atom stereocenters. The zero-order valence-electron chi connectivity index (χ0n) is 11.4. The van der Waals surface area contributed by atoms with E-state index in [0.717, 1.165) is 17.1 Å². The van der Waals surface area contributed by atoms with E-state index in [9.17, 15) is 0 Å². The first-order valence-electron chi connectivity index (χ1n) is 6.27. The Hall–Kier alpha value is -2.14. The first-order valence-corrected chi connectivity index (χ1v) is 6.27. The van der Waals surface area contributed by atoms with Gasteiger partial charge in [-0.3, -0.25) is 0 Å². The molecule has 0 radical (unpaired) electrons. The van der Waals surface area contributed by atoms with Crippen LogP contribution in [-0.2, 0) is 0 Å². The Morgan fingerprint density at radius 2 is 1.68 bits per heavy atom. The van der Waals surface area contributed by atoms with Crippen molar-refractivity contribution in [2.24, 2.45) is 5.84 Å². The van der Waals surface area contributed by atoms with Gasteiger partial charge in [0.1, 0.15) is 18.0 Å². The highest BCUT2D eigenvalue weighted by molar-refractivity contribution is 5.64. The molecule has 2 aromatic rings. The number of nitrogens with one attached hydrogen (secondary N) is 2. The maximum Gasteiger partial charge on any atom is 0.148 e. The smallest absolute Gasteiger partial charge is 0.148 e. The number of nitrogen functional groups attached to an aromatic ring is 1. The van der Waals surface area contributed by atoms with Crippen LogP contribution in [-0.4, -0.2) is 9.97 Å². The Bertz CT molecular complexity index is 548. The molecule has 0 spiro atoms. The molecule has 1 heterocycles. The molecule has 19 heavy (non-hydrogen) atoms. The molecule has 5 heteroatoms. The predicted octanol–water partition coefficient (Wildman–Crippen LogP) is 2.94. The van der Waals surface area contributed by atoms with Gasteiger partial charge in [0.25, 0.3) is 0 Å². The summed E-state index contributed by atoms with van der Waals surface area (Å²) >= 11 is 0. The minimum absolute atomic E-state index is 0.530. The number of hydrogen-bond donors (Lipinski definition) is 3. The number of aromatic nitrogens is 2. The van der Waals surface area contributed by atoms with Gasteiger partial charge in [-0.2, -0.15) is 0 Å². The fraction of sp³-hybridized carbons (Fsp3) is 0.286. The van der Waals surface area contributed by atoms with Crippen LogP contribution in [0.15, 0.2) is 30.6 Å². The van der Waals surface area contributed by atoms with Crippen LogP contribution in [0.1, 0.15) is 30.9 Å². The summed E-state index contributed by atoms with van der Waals surface area (Å²) in [4.78, 5) is 8.27. The van der Waals surface area contributed by atoms with Crippen LogP contribution in [0.25, 0.3) is 0 Å². The van der Waals surface area contributed by atoms with Crippen molar-refractivity contribution in [1.82, 2.24) is 9.97 Å². The summed E-state index contributed by atoms with van der Waals surface area (Å²) < 4.78 is 0. The van der Waals surface area contributed by atoms with Crippen molar-refractivity contribution >= 4 is 17.3 Å². The van der Waals surface area contributed by atoms with E-state index < -0.39 is 0 Å². The maximum atomic E-state index is 5.40. The summed E-state index contributed by atoms with van der Waals surface area (Å²) in [7, 11) is 0. The number of hydrogen-bond acceptors (Lipinski definition) is 5. The van der Waals surface area contributed by atoms with Crippen LogP contribution in [0.2, 0.25) is 0 Å². The molecule has 0 aliphatic heterocycles. The molecule has 1 aromatic carbocycles.